The van der Waals surface area contributed by atoms with Gasteiger partial charge < -0.3 is 15.7 Å². The molecule has 3 aromatic carbocycles. The van der Waals surface area contributed by atoms with Crippen LogP contribution in [0.4, 0.5) is 18.9 Å². The van der Waals surface area contributed by atoms with Crippen molar-refractivity contribution in [3.63, 3.8) is 0 Å². The normalized spacial score (nSPS) is 12.6. The first kappa shape index (κ1) is 29.8. The van der Waals surface area contributed by atoms with Crippen molar-refractivity contribution in [1.82, 2.24) is 10.0 Å². The van der Waals surface area contributed by atoms with Crippen LogP contribution in [0.1, 0.15) is 24.5 Å². The zero-order valence-electron chi connectivity index (χ0n) is 21.0. The maximum atomic E-state index is 12.8. The molecule has 0 aromatic heterocycles. The molecule has 0 aliphatic carbocycles. The second-order valence-electron chi connectivity index (χ2n) is 8.71. The summed E-state index contributed by atoms with van der Waals surface area (Å²) in [5.74, 6) is -1.79. The van der Waals surface area contributed by atoms with Crippen LogP contribution in [0, 0.1) is 0 Å². The number of amides is 1. The third-order valence-corrected chi connectivity index (χ3v) is 7.17. The number of alkyl halides is 3. The average Bonchev–Trinajstić information content (AvgIpc) is 2.88. The molecule has 39 heavy (non-hydrogen) atoms. The Bertz CT molecular complexity index is 1400. The highest BCUT2D eigenvalue weighted by Crippen LogP contribution is 2.31. The molecule has 1 atom stereocenters. The molecule has 0 aliphatic heterocycles. The van der Waals surface area contributed by atoms with E-state index in [1.165, 1.54) is 0 Å². The molecule has 8 nitrogen and oxygen atoms in total. The van der Waals surface area contributed by atoms with Gasteiger partial charge in [-0.2, -0.15) is 17.9 Å². The van der Waals surface area contributed by atoms with Crippen LogP contribution >= 0.6 is 0 Å². The van der Waals surface area contributed by atoms with E-state index < -0.39 is 38.7 Å². The van der Waals surface area contributed by atoms with Crippen molar-refractivity contribution < 1.29 is 36.3 Å². The second kappa shape index (κ2) is 12.9. The smallest absolute Gasteiger partial charge is 0.416 e. The lowest BCUT2D eigenvalue weighted by Crippen LogP contribution is -2.42. The van der Waals surface area contributed by atoms with Crippen LogP contribution in [0.3, 0.4) is 0 Å². The van der Waals surface area contributed by atoms with Gasteiger partial charge >= 0.3 is 12.1 Å². The second-order valence-corrected chi connectivity index (χ2v) is 10.4. The molecule has 0 fully saturated rings. The Morgan fingerprint density at radius 3 is 2.23 bits per heavy atom. The summed E-state index contributed by atoms with van der Waals surface area (Å²) in [5, 5.41) is 15.5. The standard InChI is InChI=1S/C27H28F3N3O5S/c1-2-14-31-17-25(34)32-23-15-18(8-13-22(23)19-6-4-3-5-7-19)16-24(26(35)36)33-39(37,38)21-11-9-20(10-12-21)27(28,29)30/h3-13,15,24,31,33H,2,14,16-17H2,1H3,(H,32,34)(H,35,36). The molecule has 0 heterocycles. The van der Waals surface area contributed by atoms with Crippen LogP contribution in [0.25, 0.3) is 11.1 Å². The molecule has 12 heteroatoms. The number of carboxylic acid groups (broad SMARTS) is 1. The topological polar surface area (TPSA) is 125 Å². The molecule has 208 valence electrons. The van der Waals surface area contributed by atoms with E-state index in [0.717, 1.165) is 24.1 Å². The predicted octanol–water partition coefficient (Wildman–Crippen LogP) is 4.28. The van der Waals surface area contributed by atoms with E-state index in [0.29, 0.717) is 35.5 Å². The lowest BCUT2D eigenvalue weighted by Gasteiger charge is -2.18. The average molecular weight is 564 g/mol. The van der Waals surface area contributed by atoms with Crippen molar-refractivity contribution in [3.8, 4) is 11.1 Å². The zero-order valence-corrected chi connectivity index (χ0v) is 21.8. The SMILES string of the molecule is CCCNCC(=O)Nc1cc(CC(NS(=O)(=O)c2ccc(C(F)(F)F)cc2)C(=O)O)ccc1-c1ccccc1. The number of hydrogen-bond donors (Lipinski definition) is 4. The number of sulfonamides is 1. The van der Waals surface area contributed by atoms with Gasteiger partial charge in [0.15, 0.2) is 0 Å². The number of carbonyl (C=O) groups is 2. The number of aliphatic carboxylic acids is 1. The van der Waals surface area contributed by atoms with E-state index >= 15 is 0 Å². The van der Waals surface area contributed by atoms with Gasteiger partial charge in [0.25, 0.3) is 0 Å². The number of nitrogens with one attached hydrogen (secondary N) is 3. The number of rotatable bonds is 12. The summed E-state index contributed by atoms with van der Waals surface area (Å²) in [5.41, 5.74) is 1.28. The van der Waals surface area contributed by atoms with Crippen molar-refractivity contribution in [2.24, 2.45) is 0 Å². The zero-order chi connectivity index (χ0) is 28.6. The van der Waals surface area contributed by atoms with Crippen molar-refractivity contribution >= 4 is 27.6 Å². The van der Waals surface area contributed by atoms with E-state index in [4.69, 9.17) is 0 Å². The predicted molar refractivity (Wildman–Crippen MR) is 141 cm³/mol. The highest BCUT2D eigenvalue weighted by atomic mass is 32.2. The maximum Gasteiger partial charge on any atom is 0.416 e. The number of carbonyl (C=O) groups excluding carboxylic acids is 1. The first-order chi connectivity index (χ1) is 18.4. The fourth-order valence-electron chi connectivity index (χ4n) is 3.76. The summed E-state index contributed by atoms with van der Waals surface area (Å²) in [6, 6.07) is 15.2. The molecule has 0 bridgehead atoms. The maximum absolute atomic E-state index is 12.8. The van der Waals surface area contributed by atoms with E-state index in [9.17, 15) is 36.3 Å². The molecular weight excluding hydrogens is 535 g/mol. The third kappa shape index (κ3) is 8.37. The van der Waals surface area contributed by atoms with Gasteiger partial charge in [-0.1, -0.05) is 49.4 Å². The largest absolute Gasteiger partial charge is 0.480 e. The van der Waals surface area contributed by atoms with Crippen LogP contribution in [0.5, 0.6) is 0 Å². The summed E-state index contributed by atoms with van der Waals surface area (Å²) in [4.78, 5) is 23.9. The number of carboxylic acids is 1. The van der Waals surface area contributed by atoms with Crippen LogP contribution in [-0.4, -0.2) is 44.5 Å². The minimum atomic E-state index is -4.65. The Labute approximate surface area is 224 Å². The van der Waals surface area contributed by atoms with Gasteiger partial charge in [0, 0.05) is 11.3 Å². The van der Waals surface area contributed by atoms with E-state index in [1.807, 2.05) is 37.3 Å². The molecule has 0 aliphatic rings. The van der Waals surface area contributed by atoms with Gasteiger partial charge in [0.05, 0.1) is 17.0 Å². The van der Waals surface area contributed by atoms with Crippen LogP contribution in [-0.2, 0) is 32.2 Å². The summed E-state index contributed by atoms with van der Waals surface area (Å²) in [6.45, 7) is 2.68. The van der Waals surface area contributed by atoms with E-state index in [2.05, 4.69) is 15.4 Å². The molecule has 0 radical (unpaired) electrons. The van der Waals surface area contributed by atoms with Gasteiger partial charge in [0.2, 0.25) is 15.9 Å². The number of anilines is 1. The molecule has 0 saturated heterocycles. The fraction of sp³-hybridized carbons (Fsp3) is 0.259. The molecule has 0 saturated carbocycles. The molecular formula is C27H28F3N3O5S. The first-order valence-electron chi connectivity index (χ1n) is 12.0. The minimum Gasteiger partial charge on any atom is -0.480 e. The summed E-state index contributed by atoms with van der Waals surface area (Å²) < 4.78 is 66.0. The van der Waals surface area contributed by atoms with E-state index in [-0.39, 0.29) is 18.9 Å². The molecule has 4 N–H and O–H groups in total. The van der Waals surface area contributed by atoms with Crippen LogP contribution in [0.15, 0.2) is 77.7 Å². The van der Waals surface area contributed by atoms with Crippen LogP contribution in [0.2, 0.25) is 0 Å². The number of halogens is 3. The fourth-order valence-corrected chi connectivity index (χ4v) is 4.95. The minimum absolute atomic E-state index is 0.0664. The lowest BCUT2D eigenvalue weighted by molar-refractivity contribution is -0.139. The van der Waals surface area contributed by atoms with Gasteiger partial charge in [-0.05, 0) is 60.8 Å². The lowest BCUT2D eigenvalue weighted by atomic mass is 9.98. The van der Waals surface area contributed by atoms with Crippen molar-refractivity contribution in [3.05, 3.63) is 83.9 Å². The Morgan fingerprint density at radius 1 is 0.974 bits per heavy atom. The molecule has 3 aromatic rings. The molecule has 3 rings (SSSR count). The summed E-state index contributed by atoms with van der Waals surface area (Å²) in [6.07, 6.45) is -4.09. The highest BCUT2D eigenvalue weighted by Gasteiger charge is 2.31. The van der Waals surface area contributed by atoms with Crippen molar-refractivity contribution in [1.29, 1.82) is 0 Å². The Morgan fingerprint density at radius 2 is 1.64 bits per heavy atom. The quantitative estimate of drug-likeness (QED) is 0.244. The van der Waals surface area contributed by atoms with Crippen molar-refractivity contribution in [2.75, 3.05) is 18.4 Å². The summed E-state index contributed by atoms with van der Waals surface area (Å²) >= 11 is 0. The molecule has 1 unspecified atom stereocenters. The molecule has 0 spiro atoms. The Balaban J connectivity index is 1.86. The van der Waals surface area contributed by atoms with Gasteiger partial charge in [0.1, 0.15) is 6.04 Å². The van der Waals surface area contributed by atoms with E-state index in [1.54, 1.807) is 18.2 Å². The Kier molecular flexibility index (Phi) is 9.84. The summed E-state index contributed by atoms with van der Waals surface area (Å²) in [7, 11) is -4.46. The van der Waals surface area contributed by atoms with Crippen molar-refractivity contribution in [2.45, 2.75) is 36.9 Å². The highest BCUT2D eigenvalue weighted by molar-refractivity contribution is 7.89. The third-order valence-electron chi connectivity index (χ3n) is 5.68. The number of benzene rings is 3. The van der Waals surface area contributed by atoms with Gasteiger partial charge in [-0.3, -0.25) is 9.59 Å². The van der Waals surface area contributed by atoms with Crippen LogP contribution < -0.4 is 15.4 Å². The van der Waals surface area contributed by atoms with Gasteiger partial charge in [-0.15, -0.1) is 0 Å². The monoisotopic (exact) mass is 563 g/mol. The van der Waals surface area contributed by atoms with Gasteiger partial charge in [-0.25, -0.2) is 8.42 Å². The molecule has 1 amide bonds. The first-order valence-corrected chi connectivity index (χ1v) is 13.5. The number of hydrogen-bond acceptors (Lipinski definition) is 5. The Hall–Kier alpha value is -3.74.